The average Bonchev–Trinajstić information content (AvgIpc) is 3.18. The zero-order valence-corrected chi connectivity index (χ0v) is 17.2. The lowest BCUT2D eigenvalue weighted by Gasteiger charge is -2.31. The van der Waals surface area contributed by atoms with Crippen molar-refractivity contribution in [3.63, 3.8) is 0 Å². The van der Waals surface area contributed by atoms with E-state index in [1.807, 2.05) is 50.9 Å². The number of hydrogen-bond donors (Lipinski definition) is 1. The van der Waals surface area contributed by atoms with Gasteiger partial charge < -0.3 is 15.0 Å². The Morgan fingerprint density at radius 2 is 2.04 bits per heavy atom. The van der Waals surface area contributed by atoms with Gasteiger partial charge in [0.05, 0.1) is 0 Å². The molecule has 1 saturated carbocycles. The van der Waals surface area contributed by atoms with Crippen LogP contribution in [-0.2, 0) is 4.74 Å². The van der Waals surface area contributed by atoms with Crippen molar-refractivity contribution in [1.82, 2.24) is 10.2 Å². The molecule has 0 bridgehead atoms. The van der Waals surface area contributed by atoms with E-state index in [-0.39, 0.29) is 12.1 Å². The molecular formula is C20H34N2O2S. The highest BCUT2D eigenvalue weighted by Gasteiger charge is 2.28. The van der Waals surface area contributed by atoms with Crippen molar-refractivity contribution in [2.24, 2.45) is 5.92 Å². The minimum Gasteiger partial charge on any atom is -0.444 e. The molecule has 1 amide bonds. The number of rotatable bonds is 7. The molecule has 142 valence electrons. The minimum atomic E-state index is -0.457. The van der Waals surface area contributed by atoms with Crippen molar-refractivity contribution in [3.8, 4) is 0 Å². The van der Waals surface area contributed by atoms with Gasteiger partial charge in [-0.1, -0.05) is 18.9 Å². The first kappa shape index (κ1) is 20.2. The molecule has 1 aliphatic rings. The smallest absolute Gasteiger partial charge is 0.410 e. The molecule has 25 heavy (non-hydrogen) atoms. The monoisotopic (exact) mass is 366 g/mol. The summed E-state index contributed by atoms with van der Waals surface area (Å²) < 4.78 is 5.55. The second-order valence-corrected chi connectivity index (χ2v) is 9.24. The van der Waals surface area contributed by atoms with Crippen LogP contribution >= 0.6 is 11.3 Å². The highest BCUT2D eigenvalue weighted by Crippen LogP contribution is 2.37. The van der Waals surface area contributed by atoms with Crippen LogP contribution in [0.5, 0.6) is 0 Å². The fourth-order valence-electron chi connectivity index (χ4n) is 3.48. The van der Waals surface area contributed by atoms with Gasteiger partial charge in [0.25, 0.3) is 0 Å². The maximum Gasteiger partial charge on any atom is 0.410 e. The van der Waals surface area contributed by atoms with Crippen molar-refractivity contribution in [2.45, 2.75) is 78.0 Å². The number of hydrogen-bond acceptors (Lipinski definition) is 4. The van der Waals surface area contributed by atoms with Crippen LogP contribution < -0.4 is 5.32 Å². The Kier molecular flexibility index (Phi) is 7.32. The van der Waals surface area contributed by atoms with Crippen molar-refractivity contribution in [2.75, 3.05) is 13.1 Å². The van der Waals surface area contributed by atoms with Gasteiger partial charge in [-0.25, -0.2) is 4.79 Å². The molecular weight excluding hydrogens is 332 g/mol. The fraction of sp³-hybridized carbons (Fsp3) is 0.750. The number of carbonyl (C=O) groups is 1. The molecule has 1 aliphatic carbocycles. The lowest BCUT2D eigenvalue weighted by Crippen LogP contribution is -2.44. The molecule has 0 aliphatic heterocycles. The molecule has 0 saturated heterocycles. The average molecular weight is 367 g/mol. The Bertz CT molecular complexity index is 516. The van der Waals surface area contributed by atoms with E-state index in [0.717, 1.165) is 6.54 Å². The van der Waals surface area contributed by atoms with Gasteiger partial charge in [-0.3, -0.25) is 0 Å². The number of carbonyl (C=O) groups excluding carboxylic acids is 1. The molecule has 2 rings (SSSR count). The predicted octanol–water partition coefficient (Wildman–Crippen LogP) is 5.21. The van der Waals surface area contributed by atoms with E-state index < -0.39 is 5.60 Å². The van der Waals surface area contributed by atoms with Gasteiger partial charge in [-0.15, -0.1) is 11.3 Å². The van der Waals surface area contributed by atoms with Crippen LogP contribution in [0.3, 0.4) is 0 Å². The minimum absolute atomic E-state index is 0.128. The first-order chi connectivity index (χ1) is 11.8. The highest BCUT2D eigenvalue weighted by molar-refractivity contribution is 7.10. The first-order valence-corrected chi connectivity index (χ1v) is 10.4. The molecule has 0 spiro atoms. The van der Waals surface area contributed by atoms with Gasteiger partial charge >= 0.3 is 6.09 Å². The maximum atomic E-state index is 12.4. The Labute approximate surface area is 156 Å². The van der Waals surface area contributed by atoms with Gasteiger partial charge in [0.2, 0.25) is 0 Å². The van der Waals surface area contributed by atoms with Crippen LogP contribution in [0.2, 0.25) is 0 Å². The van der Waals surface area contributed by atoms with Gasteiger partial charge in [-0.05, 0) is 64.8 Å². The Balaban J connectivity index is 1.93. The van der Waals surface area contributed by atoms with Crippen LogP contribution in [0.15, 0.2) is 17.5 Å². The third-order valence-corrected chi connectivity index (χ3v) is 5.64. The molecule has 1 aromatic heterocycles. The lowest BCUT2D eigenvalue weighted by atomic mass is 9.96. The topological polar surface area (TPSA) is 41.6 Å². The fourth-order valence-corrected chi connectivity index (χ4v) is 4.37. The van der Waals surface area contributed by atoms with E-state index in [1.165, 1.54) is 30.6 Å². The summed E-state index contributed by atoms with van der Waals surface area (Å²) in [6.07, 6.45) is 5.05. The van der Waals surface area contributed by atoms with Crippen LogP contribution in [0, 0.1) is 5.92 Å². The van der Waals surface area contributed by atoms with E-state index in [0.29, 0.717) is 18.5 Å². The summed E-state index contributed by atoms with van der Waals surface area (Å²) in [4.78, 5) is 15.7. The molecule has 0 aromatic carbocycles. The summed E-state index contributed by atoms with van der Waals surface area (Å²) in [5.74, 6) is 0.715. The van der Waals surface area contributed by atoms with E-state index >= 15 is 0 Å². The molecule has 4 nitrogen and oxygen atoms in total. The summed E-state index contributed by atoms with van der Waals surface area (Å²) in [6.45, 7) is 11.3. The lowest BCUT2D eigenvalue weighted by molar-refractivity contribution is 0.0191. The van der Waals surface area contributed by atoms with Crippen LogP contribution in [0.1, 0.15) is 71.2 Å². The van der Waals surface area contributed by atoms with E-state index in [9.17, 15) is 4.79 Å². The molecule has 1 N–H and O–H groups in total. The zero-order valence-electron chi connectivity index (χ0n) is 16.4. The maximum absolute atomic E-state index is 12.4. The summed E-state index contributed by atoms with van der Waals surface area (Å²) in [5.41, 5.74) is -0.457. The van der Waals surface area contributed by atoms with Crippen LogP contribution in [-0.4, -0.2) is 35.7 Å². The van der Waals surface area contributed by atoms with Gasteiger partial charge in [0.15, 0.2) is 0 Å². The molecule has 1 atom stereocenters. The highest BCUT2D eigenvalue weighted by atomic mass is 32.1. The van der Waals surface area contributed by atoms with Crippen molar-refractivity contribution in [3.05, 3.63) is 22.4 Å². The molecule has 1 unspecified atom stereocenters. The summed E-state index contributed by atoms with van der Waals surface area (Å²) in [7, 11) is 0. The van der Waals surface area contributed by atoms with Gasteiger partial charge in [0.1, 0.15) is 5.60 Å². The third kappa shape index (κ3) is 6.30. The van der Waals surface area contributed by atoms with E-state index in [2.05, 4.69) is 22.8 Å². The molecule has 1 aromatic rings. The van der Waals surface area contributed by atoms with Crippen molar-refractivity contribution < 1.29 is 9.53 Å². The summed E-state index contributed by atoms with van der Waals surface area (Å²) >= 11 is 1.83. The standard InChI is InChI=1S/C20H34N2O2S/c1-15(2)22(19(23)24-20(3,4)5)13-12-21-18(16-9-6-7-10-16)17-11-8-14-25-17/h8,11,14-16,18,21H,6-7,9-10,12-13H2,1-5H3. The zero-order chi connectivity index (χ0) is 18.4. The molecule has 1 heterocycles. The Morgan fingerprint density at radius 1 is 1.36 bits per heavy atom. The summed E-state index contributed by atoms with van der Waals surface area (Å²) in [5, 5.41) is 5.88. The predicted molar refractivity (Wildman–Crippen MR) is 105 cm³/mol. The summed E-state index contributed by atoms with van der Waals surface area (Å²) in [6, 6.07) is 4.90. The molecule has 5 heteroatoms. The van der Waals surface area contributed by atoms with Gasteiger partial charge in [-0.2, -0.15) is 0 Å². The molecule has 1 fully saturated rings. The van der Waals surface area contributed by atoms with E-state index in [4.69, 9.17) is 4.74 Å². The first-order valence-electron chi connectivity index (χ1n) is 9.54. The van der Waals surface area contributed by atoms with Crippen LogP contribution in [0.25, 0.3) is 0 Å². The molecule has 0 radical (unpaired) electrons. The van der Waals surface area contributed by atoms with Crippen molar-refractivity contribution in [1.29, 1.82) is 0 Å². The number of thiophene rings is 1. The second kappa shape index (κ2) is 9.04. The normalized spacial score (nSPS) is 17.0. The number of ether oxygens (including phenoxy) is 1. The SMILES string of the molecule is CC(C)N(CCNC(c1cccs1)C1CCCC1)C(=O)OC(C)(C)C. The second-order valence-electron chi connectivity index (χ2n) is 8.26. The largest absolute Gasteiger partial charge is 0.444 e. The quantitative estimate of drug-likeness (QED) is 0.720. The van der Waals surface area contributed by atoms with Gasteiger partial charge in [0, 0.05) is 30.1 Å². The third-order valence-electron chi connectivity index (χ3n) is 4.69. The van der Waals surface area contributed by atoms with Crippen LogP contribution in [0.4, 0.5) is 4.79 Å². The van der Waals surface area contributed by atoms with E-state index in [1.54, 1.807) is 0 Å². The number of nitrogens with one attached hydrogen (secondary N) is 1. The van der Waals surface area contributed by atoms with Crippen molar-refractivity contribution >= 4 is 17.4 Å². The number of amides is 1. The Hall–Kier alpha value is -1.07. The Morgan fingerprint density at radius 3 is 2.56 bits per heavy atom. The number of nitrogens with zero attached hydrogens (tertiary/aromatic N) is 1.